The summed E-state index contributed by atoms with van der Waals surface area (Å²) in [5, 5.41) is 2.62. The number of rotatable bonds is 9. The zero-order valence-electron chi connectivity index (χ0n) is 14.2. The summed E-state index contributed by atoms with van der Waals surface area (Å²) in [4.78, 5) is 23.1. The van der Waals surface area contributed by atoms with Crippen molar-refractivity contribution in [2.75, 3.05) is 25.0 Å². The molecule has 1 N–H and O–H groups in total. The topological polar surface area (TPSA) is 92.8 Å². The van der Waals surface area contributed by atoms with Gasteiger partial charge < -0.3 is 10.1 Å². The fourth-order valence-corrected chi connectivity index (χ4v) is 3.55. The van der Waals surface area contributed by atoms with Crippen LogP contribution in [0.5, 0.6) is 0 Å². The van der Waals surface area contributed by atoms with Crippen LogP contribution in [-0.4, -0.2) is 44.3 Å². The summed E-state index contributed by atoms with van der Waals surface area (Å²) in [5.41, 5.74) is 0.474. The molecule has 0 spiro atoms. The van der Waals surface area contributed by atoms with E-state index in [0.29, 0.717) is 18.8 Å². The Kier molecular flexibility index (Phi) is 7.87. The molecule has 0 saturated heterocycles. The van der Waals surface area contributed by atoms with E-state index in [2.05, 4.69) is 5.32 Å². The van der Waals surface area contributed by atoms with Crippen molar-refractivity contribution in [3.8, 4) is 0 Å². The minimum atomic E-state index is -3.51. The zero-order chi connectivity index (χ0) is 18.2. The van der Waals surface area contributed by atoms with Crippen molar-refractivity contribution >= 4 is 27.6 Å². The van der Waals surface area contributed by atoms with Gasteiger partial charge in [-0.15, -0.1) is 0 Å². The number of esters is 1. The molecule has 134 valence electrons. The van der Waals surface area contributed by atoms with Crippen LogP contribution in [0, 0.1) is 0 Å². The minimum Gasteiger partial charge on any atom is -0.466 e. The van der Waals surface area contributed by atoms with Gasteiger partial charge in [-0.2, -0.15) is 4.31 Å². The van der Waals surface area contributed by atoms with Gasteiger partial charge in [0, 0.05) is 25.2 Å². The average molecular weight is 356 g/mol. The van der Waals surface area contributed by atoms with E-state index in [4.69, 9.17) is 4.74 Å². The van der Waals surface area contributed by atoms with E-state index in [1.807, 2.05) is 0 Å². The van der Waals surface area contributed by atoms with Gasteiger partial charge in [-0.1, -0.05) is 13.8 Å². The summed E-state index contributed by atoms with van der Waals surface area (Å²) in [6.45, 7) is 6.32. The quantitative estimate of drug-likeness (QED) is 0.683. The number of sulfonamides is 1. The van der Waals surface area contributed by atoms with Crippen molar-refractivity contribution in [1.29, 1.82) is 0 Å². The third-order valence-electron chi connectivity index (χ3n) is 3.34. The number of nitrogens with one attached hydrogen (secondary N) is 1. The number of carbonyl (C=O) groups is 2. The predicted octanol–water partition coefficient (Wildman–Crippen LogP) is 2.00. The van der Waals surface area contributed by atoms with Crippen molar-refractivity contribution in [3.63, 3.8) is 0 Å². The monoisotopic (exact) mass is 356 g/mol. The summed E-state index contributed by atoms with van der Waals surface area (Å²) in [7, 11) is -3.51. The molecule has 24 heavy (non-hydrogen) atoms. The van der Waals surface area contributed by atoms with Crippen molar-refractivity contribution in [2.45, 2.75) is 38.5 Å². The van der Waals surface area contributed by atoms with Crippen LogP contribution in [0.25, 0.3) is 0 Å². The molecule has 1 amide bonds. The Labute approximate surface area is 143 Å². The van der Waals surface area contributed by atoms with E-state index in [1.54, 1.807) is 20.8 Å². The molecule has 8 heteroatoms. The summed E-state index contributed by atoms with van der Waals surface area (Å²) in [6, 6.07) is 5.96. The van der Waals surface area contributed by atoms with Gasteiger partial charge >= 0.3 is 5.97 Å². The Balaban J connectivity index is 2.68. The van der Waals surface area contributed by atoms with E-state index in [-0.39, 0.29) is 30.3 Å². The highest BCUT2D eigenvalue weighted by Gasteiger charge is 2.21. The molecule has 0 aliphatic carbocycles. The Bertz CT molecular complexity index is 652. The number of benzene rings is 1. The molecule has 1 aromatic carbocycles. The second-order valence-corrected chi connectivity index (χ2v) is 6.90. The number of carbonyl (C=O) groups excluding carboxylic acids is 2. The highest BCUT2D eigenvalue weighted by molar-refractivity contribution is 7.89. The summed E-state index contributed by atoms with van der Waals surface area (Å²) < 4.78 is 30.8. The molecule has 0 saturated carbocycles. The van der Waals surface area contributed by atoms with Gasteiger partial charge in [0.25, 0.3) is 0 Å². The number of nitrogens with zero attached hydrogens (tertiary/aromatic N) is 1. The molecule has 1 rings (SSSR count). The van der Waals surface area contributed by atoms with Crippen molar-refractivity contribution in [1.82, 2.24) is 4.31 Å². The van der Waals surface area contributed by atoms with Crippen LogP contribution >= 0.6 is 0 Å². The highest BCUT2D eigenvalue weighted by atomic mass is 32.2. The smallest absolute Gasteiger partial charge is 0.306 e. The van der Waals surface area contributed by atoms with Gasteiger partial charge in [0.2, 0.25) is 15.9 Å². The van der Waals surface area contributed by atoms with E-state index >= 15 is 0 Å². The fraction of sp³-hybridized carbons (Fsp3) is 0.500. The Morgan fingerprint density at radius 3 is 2.12 bits per heavy atom. The van der Waals surface area contributed by atoms with E-state index in [9.17, 15) is 18.0 Å². The standard InChI is InChI=1S/C16H24N2O5S/c1-4-18(5-2)24(21,22)14-9-7-13(8-10-14)17-15(19)11-12-16(20)23-6-3/h7-10H,4-6,11-12H2,1-3H3,(H,17,19). The molecular formula is C16H24N2O5S. The van der Waals surface area contributed by atoms with Crippen LogP contribution in [0.15, 0.2) is 29.2 Å². The molecule has 0 aliphatic heterocycles. The Morgan fingerprint density at radius 1 is 1.04 bits per heavy atom. The van der Waals surface area contributed by atoms with Gasteiger partial charge in [0.15, 0.2) is 0 Å². The lowest BCUT2D eigenvalue weighted by molar-refractivity contribution is -0.144. The first kappa shape index (κ1) is 20.1. The van der Waals surface area contributed by atoms with Crippen molar-refractivity contribution in [2.24, 2.45) is 0 Å². The van der Waals surface area contributed by atoms with Gasteiger partial charge in [0.1, 0.15) is 0 Å². The molecule has 0 bridgehead atoms. The molecule has 0 aromatic heterocycles. The Morgan fingerprint density at radius 2 is 1.62 bits per heavy atom. The van der Waals surface area contributed by atoms with Crippen molar-refractivity contribution in [3.05, 3.63) is 24.3 Å². The van der Waals surface area contributed by atoms with Crippen LogP contribution in [-0.2, 0) is 24.3 Å². The Hall–Kier alpha value is -1.93. The molecule has 0 radical (unpaired) electrons. The maximum Gasteiger partial charge on any atom is 0.306 e. The van der Waals surface area contributed by atoms with Crippen LogP contribution < -0.4 is 5.32 Å². The first-order valence-electron chi connectivity index (χ1n) is 7.90. The van der Waals surface area contributed by atoms with Gasteiger partial charge in [-0.05, 0) is 31.2 Å². The lowest BCUT2D eigenvalue weighted by Gasteiger charge is -2.18. The van der Waals surface area contributed by atoms with E-state index in [1.165, 1.54) is 28.6 Å². The van der Waals surface area contributed by atoms with E-state index in [0.717, 1.165) is 0 Å². The van der Waals surface area contributed by atoms with Crippen LogP contribution in [0.3, 0.4) is 0 Å². The van der Waals surface area contributed by atoms with Gasteiger partial charge in [-0.3, -0.25) is 9.59 Å². The zero-order valence-corrected chi connectivity index (χ0v) is 15.1. The van der Waals surface area contributed by atoms with E-state index < -0.39 is 16.0 Å². The molecule has 0 atom stereocenters. The van der Waals surface area contributed by atoms with Gasteiger partial charge in [-0.25, -0.2) is 8.42 Å². The maximum atomic E-state index is 12.4. The number of amides is 1. The largest absolute Gasteiger partial charge is 0.466 e. The molecular weight excluding hydrogens is 332 g/mol. The van der Waals surface area contributed by atoms with Crippen LogP contribution in [0.2, 0.25) is 0 Å². The first-order valence-corrected chi connectivity index (χ1v) is 9.34. The number of hydrogen-bond donors (Lipinski definition) is 1. The molecule has 1 aromatic rings. The highest BCUT2D eigenvalue weighted by Crippen LogP contribution is 2.18. The molecule has 0 aliphatic rings. The minimum absolute atomic E-state index is 0.00803. The normalized spacial score (nSPS) is 11.3. The lowest BCUT2D eigenvalue weighted by atomic mass is 10.2. The molecule has 0 fully saturated rings. The predicted molar refractivity (Wildman–Crippen MR) is 91.0 cm³/mol. The third-order valence-corrected chi connectivity index (χ3v) is 5.41. The van der Waals surface area contributed by atoms with Crippen LogP contribution in [0.1, 0.15) is 33.6 Å². The average Bonchev–Trinajstić information content (AvgIpc) is 2.54. The summed E-state index contributed by atoms with van der Waals surface area (Å²) >= 11 is 0. The van der Waals surface area contributed by atoms with Crippen LogP contribution in [0.4, 0.5) is 5.69 Å². The van der Waals surface area contributed by atoms with Crippen molar-refractivity contribution < 1.29 is 22.7 Å². The second-order valence-electron chi connectivity index (χ2n) is 4.97. The fourth-order valence-electron chi connectivity index (χ4n) is 2.10. The number of ether oxygens (including phenoxy) is 1. The molecule has 0 heterocycles. The number of hydrogen-bond acceptors (Lipinski definition) is 5. The van der Waals surface area contributed by atoms with Gasteiger partial charge in [0.05, 0.1) is 17.9 Å². The maximum absolute atomic E-state index is 12.4. The molecule has 7 nitrogen and oxygen atoms in total. The lowest BCUT2D eigenvalue weighted by Crippen LogP contribution is -2.30. The number of anilines is 1. The third kappa shape index (κ3) is 5.61. The summed E-state index contributed by atoms with van der Waals surface area (Å²) in [5.74, 6) is -0.754. The first-order chi connectivity index (χ1) is 11.3. The second kappa shape index (κ2) is 9.39. The SMILES string of the molecule is CCOC(=O)CCC(=O)Nc1ccc(S(=O)(=O)N(CC)CC)cc1. The summed E-state index contributed by atoms with van der Waals surface area (Å²) in [6.07, 6.45) is 0.0203. The molecule has 0 unspecified atom stereocenters.